The van der Waals surface area contributed by atoms with Crippen LogP contribution < -0.4 is 9.46 Å². The molecule has 0 aromatic carbocycles. The Hall–Kier alpha value is -2.47. The van der Waals surface area contributed by atoms with Gasteiger partial charge < -0.3 is 14.2 Å². The van der Waals surface area contributed by atoms with Gasteiger partial charge in [0.2, 0.25) is 11.8 Å². The van der Waals surface area contributed by atoms with Crippen molar-refractivity contribution in [3.05, 3.63) is 41.4 Å². The van der Waals surface area contributed by atoms with Crippen LogP contribution in [0.1, 0.15) is 38.1 Å². The summed E-state index contributed by atoms with van der Waals surface area (Å²) < 4.78 is 22.1. The zero-order valence-corrected chi connectivity index (χ0v) is 21.1. The molecule has 3 aromatic rings. The first-order chi connectivity index (χ1) is 16.5. The lowest BCUT2D eigenvalue weighted by Gasteiger charge is -2.43. The van der Waals surface area contributed by atoms with Gasteiger partial charge in [-0.15, -0.1) is 10.2 Å². The van der Waals surface area contributed by atoms with Gasteiger partial charge in [-0.25, -0.2) is 15.0 Å². The van der Waals surface area contributed by atoms with Crippen LogP contribution in [-0.2, 0) is 15.0 Å². The average molecular weight is 506 g/mol. The van der Waals surface area contributed by atoms with Gasteiger partial charge in [0.15, 0.2) is 11.6 Å². The van der Waals surface area contributed by atoms with Gasteiger partial charge in [-0.05, 0) is 44.2 Å². The number of anilines is 1. The van der Waals surface area contributed by atoms with Crippen LogP contribution in [0.2, 0.25) is 5.02 Å². The number of rotatable bonds is 11. The van der Waals surface area contributed by atoms with Crippen LogP contribution in [0.3, 0.4) is 0 Å². The highest BCUT2D eigenvalue weighted by Crippen LogP contribution is 2.44. The molecule has 3 heterocycles. The average Bonchev–Trinajstić information content (AvgIpc) is 3.26. The molecule has 2 atom stereocenters. The van der Waals surface area contributed by atoms with Crippen LogP contribution >= 0.6 is 23.5 Å². The van der Waals surface area contributed by atoms with E-state index in [4.69, 9.17) is 25.8 Å². The summed E-state index contributed by atoms with van der Waals surface area (Å²) in [5.41, 5.74) is 0.439. The molecule has 1 unspecified atom stereocenters. The Morgan fingerprint density at radius 3 is 2.56 bits per heavy atom. The second-order valence-electron chi connectivity index (χ2n) is 8.10. The third-order valence-corrected chi connectivity index (χ3v) is 7.02. The Kier molecular flexibility index (Phi) is 7.87. The number of hydrogen-bond acceptors (Lipinski definition) is 10. The number of aromatic nitrogens is 6. The van der Waals surface area contributed by atoms with Crippen LogP contribution in [-0.4, -0.2) is 62.9 Å². The molecule has 1 aliphatic rings. The first kappa shape index (κ1) is 24.6. The van der Waals surface area contributed by atoms with E-state index in [9.17, 15) is 0 Å². The van der Waals surface area contributed by atoms with Gasteiger partial charge >= 0.3 is 0 Å². The highest BCUT2D eigenvalue weighted by Gasteiger charge is 2.43. The van der Waals surface area contributed by atoms with Crippen molar-refractivity contribution in [3.63, 3.8) is 0 Å². The van der Waals surface area contributed by atoms with E-state index >= 15 is 0 Å². The van der Waals surface area contributed by atoms with Crippen LogP contribution in [0.4, 0.5) is 5.95 Å². The van der Waals surface area contributed by atoms with Gasteiger partial charge in [0, 0.05) is 32.7 Å². The molecule has 10 nitrogen and oxygen atoms in total. The van der Waals surface area contributed by atoms with Crippen molar-refractivity contribution in [2.24, 2.45) is 0 Å². The van der Waals surface area contributed by atoms with Crippen molar-refractivity contribution in [3.8, 4) is 17.4 Å². The van der Waals surface area contributed by atoms with Gasteiger partial charge in [-0.2, -0.15) is 0 Å². The number of nitrogens with one attached hydrogen (secondary N) is 1. The van der Waals surface area contributed by atoms with E-state index in [-0.39, 0.29) is 16.9 Å². The SMILES string of the molecule is COCC1(n2c(NS[C@@H](C)C(OC)c3ncc(Cl)cn3)nnc2-c2cccc(OC)n2)CCC1. The lowest BCUT2D eigenvalue weighted by atomic mass is 9.77. The molecule has 3 aromatic heterocycles. The summed E-state index contributed by atoms with van der Waals surface area (Å²) >= 11 is 7.40. The van der Waals surface area contributed by atoms with Gasteiger partial charge in [0.1, 0.15) is 11.8 Å². The lowest BCUT2D eigenvalue weighted by Crippen LogP contribution is -2.45. The Labute approximate surface area is 207 Å². The minimum absolute atomic E-state index is 0.0468. The highest BCUT2D eigenvalue weighted by molar-refractivity contribution is 8.01. The van der Waals surface area contributed by atoms with Crippen molar-refractivity contribution in [1.29, 1.82) is 0 Å². The molecule has 0 spiro atoms. The first-order valence-electron chi connectivity index (χ1n) is 10.9. The van der Waals surface area contributed by atoms with E-state index < -0.39 is 0 Å². The van der Waals surface area contributed by atoms with Crippen molar-refractivity contribution in [2.75, 3.05) is 32.7 Å². The van der Waals surface area contributed by atoms with E-state index in [1.54, 1.807) is 39.8 Å². The number of halogens is 1. The zero-order valence-electron chi connectivity index (χ0n) is 19.6. The molecule has 12 heteroatoms. The quantitative estimate of drug-likeness (QED) is 0.381. The second-order valence-corrected chi connectivity index (χ2v) is 9.72. The molecule has 1 saturated carbocycles. The first-order valence-corrected chi connectivity index (χ1v) is 12.1. The summed E-state index contributed by atoms with van der Waals surface area (Å²) in [5.74, 6) is 2.37. The standard InChI is InChI=1S/C22H28ClN7O3S/c1-14(18(33-4)19-24-11-15(23)12-25-19)34-29-21-28-27-20(16-7-5-8-17(26-16)32-3)30(21)22(13-31-2)9-6-10-22/h5,7-8,11-12,14,18H,6,9-10,13H2,1-4H3,(H,28,29)/t14-,18?/m0/s1. The van der Waals surface area contributed by atoms with E-state index in [2.05, 4.69) is 34.4 Å². The lowest BCUT2D eigenvalue weighted by molar-refractivity contribution is 0.0299. The van der Waals surface area contributed by atoms with Crippen molar-refractivity contribution in [1.82, 2.24) is 29.7 Å². The predicted octanol–water partition coefficient (Wildman–Crippen LogP) is 4.15. The number of pyridine rings is 1. The van der Waals surface area contributed by atoms with Crippen LogP contribution in [0.25, 0.3) is 11.5 Å². The number of hydrogen-bond donors (Lipinski definition) is 1. The maximum Gasteiger partial charge on any atom is 0.235 e. The van der Waals surface area contributed by atoms with E-state index in [1.807, 2.05) is 19.1 Å². The predicted molar refractivity (Wildman–Crippen MR) is 131 cm³/mol. The van der Waals surface area contributed by atoms with Crippen molar-refractivity contribution < 1.29 is 14.2 Å². The number of ether oxygens (including phenoxy) is 3. The van der Waals surface area contributed by atoms with Crippen molar-refractivity contribution in [2.45, 2.75) is 43.1 Å². The molecule has 0 aliphatic heterocycles. The molecule has 1 fully saturated rings. The fourth-order valence-electron chi connectivity index (χ4n) is 4.09. The maximum absolute atomic E-state index is 5.93. The summed E-state index contributed by atoms with van der Waals surface area (Å²) in [6, 6.07) is 5.60. The molecule has 1 N–H and O–H groups in total. The molecular weight excluding hydrogens is 478 g/mol. The smallest absolute Gasteiger partial charge is 0.235 e. The zero-order chi connectivity index (χ0) is 24.1. The molecular formula is C22H28ClN7O3S. The molecule has 0 amide bonds. The Balaban J connectivity index is 1.62. The normalized spacial score (nSPS) is 16.5. The summed E-state index contributed by atoms with van der Waals surface area (Å²) in [4.78, 5) is 13.2. The molecule has 0 saturated heterocycles. The fraction of sp³-hybridized carbons (Fsp3) is 0.500. The largest absolute Gasteiger partial charge is 0.481 e. The molecule has 34 heavy (non-hydrogen) atoms. The summed E-state index contributed by atoms with van der Waals surface area (Å²) in [6.07, 6.45) is 5.82. The number of methoxy groups -OCH3 is 3. The van der Waals surface area contributed by atoms with Gasteiger partial charge in [0.05, 0.1) is 29.5 Å². The van der Waals surface area contributed by atoms with Gasteiger partial charge in [-0.1, -0.05) is 17.7 Å². The third kappa shape index (κ3) is 4.97. The minimum atomic E-state index is -0.345. The molecule has 0 radical (unpaired) electrons. The van der Waals surface area contributed by atoms with E-state index in [0.29, 0.717) is 40.8 Å². The molecule has 0 bridgehead atoms. The maximum atomic E-state index is 5.93. The second kappa shape index (κ2) is 10.9. The Morgan fingerprint density at radius 2 is 1.94 bits per heavy atom. The van der Waals surface area contributed by atoms with E-state index in [1.165, 1.54) is 11.9 Å². The fourth-order valence-corrected chi connectivity index (χ4v) is 4.97. The Morgan fingerprint density at radius 1 is 1.18 bits per heavy atom. The van der Waals surface area contributed by atoms with Crippen LogP contribution in [0, 0.1) is 0 Å². The summed E-state index contributed by atoms with van der Waals surface area (Å²) in [5, 5.41) is 9.40. The third-order valence-electron chi connectivity index (χ3n) is 5.91. The van der Waals surface area contributed by atoms with Gasteiger partial charge in [0.25, 0.3) is 0 Å². The van der Waals surface area contributed by atoms with Gasteiger partial charge in [-0.3, -0.25) is 9.29 Å². The Bertz CT molecular complexity index is 1090. The summed E-state index contributed by atoms with van der Waals surface area (Å²) in [7, 11) is 4.95. The minimum Gasteiger partial charge on any atom is -0.481 e. The molecule has 182 valence electrons. The molecule has 1 aliphatic carbocycles. The number of nitrogens with zero attached hydrogens (tertiary/aromatic N) is 6. The van der Waals surface area contributed by atoms with Crippen LogP contribution in [0.15, 0.2) is 30.6 Å². The van der Waals surface area contributed by atoms with Crippen LogP contribution in [0.5, 0.6) is 5.88 Å². The molecule has 4 rings (SSSR count). The summed E-state index contributed by atoms with van der Waals surface area (Å²) in [6.45, 7) is 2.58. The van der Waals surface area contributed by atoms with E-state index in [0.717, 1.165) is 19.3 Å². The highest BCUT2D eigenvalue weighted by atomic mass is 35.5. The van der Waals surface area contributed by atoms with Crippen molar-refractivity contribution >= 4 is 29.5 Å². The topological polar surface area (TPSA) is 109 Å². The monoisotopic (exact) mass is 505 g/mol.